The fourth-order valence-corrected chi connectivity index (χ4v) is 5.79. The number of nitrogens with zero attached hydrogens (tertiary/aromatic N) is 4. The predicted octanol–water partition coefficient (Wildman–Crippen LogP) is 4.81. The maximum absolute atomic E-state index is 6.91. The number of benzene rings is 2. The van der Waals surface area contributed by atoms with E-state index in [9.17, 15) is 0 Å². The molecule has 3 aliphatic rings. The Bertz CT molecular complexity index is 1190. The zero-order valence-corrected chi connectivity index (χ0v) is 18.2. The highest BCUT2D eigenvalue weighted by Crippen LogP contribution is 2.57. The van der Waals surface area contributed by atoms with Gasteiger partial charge in [0, 0.05) is 12.1 Å². The fourth-order valence-electron chi connectivity index (χ4n) is 5.79. The van der Waals surface area contributed by atoms with Gasteiger partial charge in [0.2, 0.25) is 5.88 Å². The molecule has 1 aromatic heterocycles. The number of aryl methyl sites for hydroxylation is 1. The van der Waals surface area contributed by atoms with Crippen LogP contribution in [-0.2, 0) is 10.3 Å². The van der Waals surface area contributed by atoms with Crippen LogP contribution in [0.15, 0.2) is 65.8 Å². The summed E-state index contributed by atoms with van der Waals surface area (Å²) >= 11 is 0. The van der Waals surface area contributed by atoms with Gasteiger partial charge in [0.25, 0.3) is 0 Å². The Kier molecular flexibility index (Phi) is 3.73. The van der Waals surface area contributed by atoms with Crippen LogP contribution in [-0.4, -0.2) is 27.3 Å². The molecule has 2 bridgehead atoms. The van der Waals surface area contributed by atoms with Gasteiger partial charge in [0.05, 0.1) is 28.6 Å². The summed E-state index contributed by atoms with van der Waals surface area (Å²) in [6, 6.07) is 20.4. The first kappa shape index (κ1) is 18.6. The summed E-state index contributed by atoms with van der Waals surface area (Å²) in [7, 11) is 0. The fraction of sp³-hybridized carbons (Fsp3) is 0.360. The van der Waals surface area contributed by atoms with Crippen molar-refractivity contribution in [3.63, 3.8) is 0 Å². The minimum Gasteiger partial charge on any atom is -0.470 e. The van der Waals surface area contributed by atoms with E-state index in [1.54, 1.807) is 0 Å². The Morgan fingerprint density at radius 2 is 1.58 bits per heavy atom. The monoisotopic (exact) mass is 414 g/mol. The molecule has 0 radical (unpaired) electrons. The van der Waals surface area contributed by atoms with Crippen molar-refractivity contribution in [1.82, 2.24) is 9.78 Å². The molecule has 3 aromatic rings. The molecule has 4 atom stereocenters. The molecule has 6 heteroatoms. The summed E-state index contributed by atoms with van der Waals surface area (Å²) in [6.45, 7) is 8.48. The molecular weight excluding hydrogens is 388 g/mol. The summed E-state index contributed by atoms with van der Waals surface area (Å²) < 4.78 is 15.7. The van der Waals surface area contributed by atoms with Crippen molar-refractivity contribution < 1.29 is 9.47 Å². The van der Waals surface area contributed by atoms with Gasteiger partial charge in [-0.1, -0.05) is 36.4 Å². The molecule has 0 N–H and O–H groups in total. The zero-order chi connectivity index (χ0) is 21.4. The lowest BCUT2D eigenvalue weighted by atomic mass is 9.70. The van der Waals surface area contributed by atoms with Crippen LogP contribution >= 0.6 is 0 Å². The van der Waals surface area contributed by atoms with Crippen LogP contribution in [0, 0.1) is 12.8 Å². The van der Waals surface area contributed by atoms with Crippen LogP contribution in [0.1, 0.15) is 38.4 Å². The summed E-state index contributed by atoms with van der Waals surface area (Å²) in [5.74, 6) is 0.803. The number of para-hydroxylation sites is 2. The Balaban J connectivity index is 1.50. The first-order chi connectivity index (χ1) is 14.9. The molecule has 2 aromatic carbocycles. The molecule has 6 rings (SSSR count). The summed E-state index contributed by atoms with van der Waals surface area (Å²) in [5, 5.41) is 11.8. The van der Waals surface area contributed by atoms with E-state index in [-0.39, 0.29) is 12.1 Å². The van der Waals surface area contributed by atoms with E-state index >= 15 is 0 Å². The SMILES string of the molecule is CC1=NN(c2ccccc2)[C@H]2O[C@@]3(C)C[C@](C)(Oc4c3c(C)nn4-c3ccccc3)[C@H]12. The van der Waals surface area contributed by atoms with E-state index in [1.807, 2.05) is 65.1 Å². The number of fused-ring (bicyclic) bond motifs is 6. The van der Waals surface area contributed by atoms with Crippen molar-refractivity contribution in [3.8, 4) is 11.6 Å². The molecule has 1 fully saturated rings. The van der Waals surface area contributed by atoms with Gasteiger partial charge in [-0.2, -0.15) is 10.2 Å². The van der Waals surface area contributed by atoms with Crippen molar-refractivity contribution in [3.05, 3.63) is 71.9 Å². The van der Waals surface area contributed by atoms with E-state index in [0.29, 0.717) is 0 Å². The lowest BCUT2D eigenvalue weighted by Gasteiger charge is -2.54. The first-order valence-electron chi connectivity index (χ1n) is 10.8. The standard InChI is InChI=1S/C25H26N4O2/c1-16-20-22(28(26-16)18-11-7-5-8-12-18)30-25(4)15-24(20,3)31-23-21(25)17(2)27-29(23)19-13-9-6-10-14-19/h5-14,20,22H,15H2,1-4H3/t20-,22+,24+,25+/m1/s1. The van der Waals surface area contributed by atoms with Crippen LogP contribution in [0.25, 0.3) is 5.69 Å². The van der Waals surface area contributed by atoms with Gasteiger partial charge in [0.15, 0.2) is 6.23 Å². The molecule has 158 valence electrons. The van der Waals surface area contributed by atoms with Gasteiger partial charge in [-0.3, -0.25) is 0 Å². The van der Waals surface area contributed by atoms with Gasteiger partial charge < -0.3 is 9.47 Å². The highest BCUT2D eigenvalue weighted by molar-refractivity contribution is 5.90. The number of hydrazone groups is 1. The van der Waals surface area contributed by atoms with E-state index in [1.165, 1.54) is 0 Å². The van der Waals surface area contributed by atoms with Crippen LogP contribution in [0.2, 0.25) is 0 Å². The molecule has 31 heavy (non-hydrogen) atoms. The topological polar surface area (TPSA) is 51.9 Å². The second-order valence-corrected chi connectivity index (χ2v) is 9.24. The molecule has 4 heterocycles. The van der Waals surface area contributed by atoms with E-state index < -0.39 is 11.2 Å². The lowest BCUT2D eigenvalue weighted by Crippen LogP contribution is -2.63. The molecule has 0 amide bonds. The first-order valence-corrected chi connectivity index (χ1v) is 10.8. The Morgan fingerprint density at radius 3 is 2.26 bits per heavy atom. The minimum atomic E-state index is -0.520. The van der Waals surface area contributed by atoms with Gasteiger partial charge >= 0.3 is 0 Å². The van der Waals surface area contributed by atoms with Crippen molar-refractivity contribution in [2.45, 2.75) is 51.5 Å². The second-order valence-electron chi connectivity index (χ2n) is 9.24. The van der Waals surface area contributed by atoms with Crippen molar-refractivity contribution in [2.24, 2.45) is 11.0 Å². The normalized spacial score (nSPS) is 31.0. The third kappa shape index (κ3) is 2.54. The largest absolute Gasteiger partial charge is 0.470 e. The van der Waals surface area contributed by atoms with E-state index in [4.69, 9.17) is 19.7 Å². The van der Waals surface area contributed by atoms with Crippen LogP contribution in [0.5, 0.6) is 5.88 Å². The maximum Gasteiger partial charge on any atom is 0.223 e. The third-order valence-corrected chi connectivity index (χ3v) is 6.87. The molecule has 0 saturated carbocycles. The molecular formula is C25H26N4O2. The number of rotatable bonds is 2. The maximum atomic E-state index is 6.91. The van der Waals surface area contributed by atoms with E-state index in [0.717, 1.165) is 40.6 Å². The number of aromatic nitrogens is 2. The molecule has 1 saturated heterocycles. The lowest BCUT2D eigenvalue weighted by molar-refractivity contribution is -0.212. The van der Waals surface area contributed by atoms with Crippen LogP contribution < -0.4 is 9.75 Å². The Labute approximate surface area is 182 Å². The van der Waals surface area contributed by atoms with E-state index in [2.05, 4.69) is 32.9 Å². The third-order valence-electron chi connectivity index (χ3n) is 6.87. The van der Waals surface area contributed by atoms with Crippen molar-refractivity contribution in [2.75, 3.05) is 5.01 Å². The van der Waals surface area contributed by atoms with Crippen LogP contribution in [0.3, 0.4) is 0 Å². The molecule has 0 spiro atoms. The van der Waals surface area contributed by atoms with Crippen molar-refractivity contribution >= 4 is 11.4 Å². The second kappa shape index (κ2) is 6.20. The van der Waals surface area contributed by atoms with Gasteiger partial charge in [-0.15, -0.1) is 0 Å². The molecule has 0 unspecified atom stereocenters. The molecule has 0 aliphatic carbocycles. The number of ether oxygens (including phenoxy) is 2. The number of hydrogen-bond donors (Lipinski definition) is 0. The predicted molar refractivity (Wildman–Crippen MR) is 120 cm³/mol. The average Bonchev–Trinajstić information content (AvgIpc) is 3.26. The summed E-state index contributed by atoms with van der Waals surface area (Å²) in [6.07, 6.45) is 0.532. The Morgan fingerprint density at radius 1 is 0.935 bits per heavy atom. The number of hydrogen-bond acceptors (Lipinski definition) is 5. The van der Waals surface area contributed by atoms with Gasteiger partial charge in [0.1, 0.15) is 11.2 Å². The quantitative estimate of drug-likeness (QED) is 0.604. The number of anilines is 1. The van der Waals surface area contributed by atoms with Crippen LogP contribution in [0.4, 0.5) is 5.69 Å². The van der Waals surface area contributed by atoms with Gasteiger partial charge in [-0.25, -0.2) is 9.69 Å². The molecule has 6 nitrogen and oxygen atoms in total. The summed E-state index contributed by atoms with van der Waals surface area (Å²) in [4.78, 5) is 0. The van der Waals surface area contributed by atoms with Gasteiger partial charge in [-0.05, 0) is 52.0 Å². The average molecular weight is 415 g/mol. The smallest absolute Gasteiger partial charge is 0.223 e. The summed E-state index contributed by atoms with van der Waals surface area (Å²) in [5.41, 5.74) is 4.03. The minimum absolute atomic E-state index is 0.0216. The van der Waals surface area contributed by atoms with Crippen molar-refractivity contribution in [1.29, 1.82) is 0 Å². The zero-order valence-electron chi connectivity index (χ0n) is 18.2. The highest BCUT2D eigenvalue weighted by atomic mass is 16.6. The highest BCUT2D eigenvalue weighted by Gasteiger charge is 2.63. The molecule has 3 aliphatic heterocycles. The Hall–Kier alpha value is -3.12.